The van der Waals surface area contributed by atoms with Crippen molar-refractivity contribution in [2.24, 2.45) is 0 Å². The van der Waals surface area contributed by atoms with E-state index in [4.69, 9.17) is 9.15 Å². The van der Waals surface area contributed by atoms with E-state index in [1.54, 1.807) is 0 Å². The largest absolute Gasteiger partial charge is 0.462 e. The number of rotatable bonds is 11. The van der Waals surface area contributed by atoms with Crippen molar-refractivity contribution < 1.29 is 14.3 Å². The monoisotopic (exact) mass is 405 g/mol. The molecule has 0 spiro atoms. The Morgan fingerprint density at radius 1 is 1.14 bits per heavy atom. The van der Waals surface area contributed by atoms with Gasteiger partial charge in [-0.1, -0.05) is 26.7 Å². The first-order chi connectivity index (χ1) is 13.5. The Bertz CT molecular complexity index is 711. The summed E-state index contributed by atoms with van der Waals surface area (Å²) in [6.07, 6.45) is 5.96. The number of aryl methyl sites for hydroxylation is 1. The number of ether oxygens (including phenoxy) is 1. The van der Waals surface area contributed by atoms with Crippen molar-refractivity contribution in [3.63, 3.8) is 0 Å². The third-order valence-electron chi connectivity index (χ3n) is 5.49. The van der Waals surface area contributed by atoms with E-state index in [0.29, 0.717) is 6.10 Å². The average Bonchev–Trinajstić information content (AvgIpc) is 3.39. The lowest BCUT2D eigenvalue weighted by Gasteiger charge is -2.26. The fourth-order valence-electron chi connectivity index (χ4n) is 4.18. The Morgan fingerprint density at radius 2 is 1.93 bits per heavy atom. The molecule has 1 saturated heterocycles. The smallest absolute Gasteiger partial charge is 0.135 e. The minimum absolute atomic E-state index is 0.313. The first kappa shape index (κ1) is 21.6. The molecule has 0 aliphatic carbocycles. The molecule has 0 radical (unpaired) electrons. The first-order valence-corrected chi connectivity index (χ1v) is 11.5. The Kier molecular flexibility index (Phi) is 7.75. The maximum Gasteiger partial charge on any atom is 0.135 e. The highest BCUT2D eigenvalue weighted by Crippen LogP contribution is 2.33. The normalized spacial score (nSPS) is 17.7. The number of hydrogen-bond acceptors (Lipinski definition) is 5. The van der Waals surface area contributed by atoms with Crippen molar-refractivity contribution in [1.82, 2.24) is 4.90 Å². The zero-order valence-corrected chi connectivity index (χ0v) is 18.4. The van der Waals surface area contributed by atoms with Crippen LogP contribution < -0.4 is 0 Å². The summed E-state index contributed by atoms with van der Waals surface area (Å²) in [7, 11) is 0. The first-order valence-electron chi connectivity index (χ1n) is 10.7. The van der Waals surface area contributed by atoms with Gasteiger partial charge in [-0.15, -0.1) is 11.3 Å². The summed E-state index contributed by atoms with van der Waals surface area (Å²) in [6, 6.07) is 8.41. The molecule has 1 N–H and O–H groups in total. The topological polar surface area (TPSA) is 45.8 Å². The molecular formula is C23H35NO3S. The Labute approximate surface area is 173 Å². The summed E-state index contributed by atoms with van der Waals surface area (Å²) in [5.41, 5.74) is -0.841. The summed E-state index contributed by atoms with van der Waals surface area (Å²) in [4.78, 5) is 5.13. The second kappa shape index (κ2) is 10.1. The van der Waals surface area contributed by atoms with Gasteiger partial charge >= 0.3 is 0 Å². The maximum atomic E-state index is 11.1. The van der Waals surface area contributed by atoms with Crippen LogP contribution in [0.25, 0.3) is 0 Å². The van der Waals surface area contributed by atoms with E-state index in [9.17, 15) is 5.11 Å². The molecule has 28 heavy (non-hydrogen) atoms. The van der Waals surface area contributed by atoms with Gasteiger partial charge in [0.05, 0.1) is 12.6 Å². The SMILES string of the molecule is CCCC(O)(CCC)c1ccc(CN(Cc2ccc(C)s2)C[C@@H]2CCCO2)o1. The van der Waals surface area contributed by atoms with Crippen LogP contribution in [-0.4, -0.2) is 29.3 Å². The molecule has 0 amide bonds. The fourth-order valence-corrected chi connectivity index (χ4v) is 5.12. The quantitative estimate of drug-likeness (QED) is 0.527. The Hall–Kier alpha value is -1.14. The third kappa shape index (κ3) is 5.69. The zero-order chi connectivity index (χ0) is 20.0. The van der Waals surface area contributed by atoms with Gasteiger partial charge in [0.2, 0.25) is 0 Å². The lowest BCUT2D eigenvalue weighted by atomic mass is 9.90. The van der Waals surface area contributed by atoms with E-state index in [1.165, 1.54) is 9.75 Å². The summed E-state index contributed by atoms with van der Waals surface area (Å²) in [5.74, 6) is 1.64. The van der Waals surface area contributed by atoms with Crippen LogP contribution in [0.2, 0.25) is 0 Å². The molecule has 1 atom stereocenters. The highest BCUT2D eigenvalue weighted by molar-refractivity contribution is 7.11. The zero-order valence-electron chi connectivity index (χ0n) is 17.6. The van der Waals surface area contributed by atoms with E-state index in [-0.39, 0.29) is 0 Å². The predicted octanol–water partition coefficient (Wildman–Crippen LogP) is 5.62. The standard InChI is InChI=1S/C23H35NO3S/c1-4-12-23(25,13-5-2)22-11-9-20(27-22)16-24(15-19-7-6-14-26-19)17-21-10-8-18(3)28-21/h8-11,19,25H,4-7,12-17H2,1-3H3/t19-/m0/s1. The van der Waals surface area contributed by atoms with Crippen molar-refractivity contribution >= 4 is 11.3 Å². The number of hydrogen-bond donors (Lipinski definition) is 1. The van der Waals surface area contributed by atoms with Crippen LogP contribution in [-0.2, 0) is 23.4 Å². The van der Waals surface area contributed by atoms with Crippen LogP contribution in [0, 0.1) is 6.92 Å². The van der Waals surface area contributed by atoms with Crippen LogP contribution in [0.3, 0.4) is 0 Å². The molecular weight excluding hydrogens is 370 g/mol. The molecule has 4 nitrogen and oxygen atoms in total. The van der Waals surface area contributed by atoms with Gasteiger partial charge in [-0.25, -0.2) is 0 Å². The second-order valence-electron chi connectivity index (χ2n) is 8.11. The van der Waals surface area contributed by atoms with Gasteiger partial charge in [-0.3, -0.25) is 4.90 Å². The molecule has 0 saturated carbocycles. The summed E-state index contributed by atoms with van der Waals surface area (Å²) in [5, 5.41) is 11.1. The molecule has 156 valence electrons. The van der Waals surface area contributed by atoms with Gasteiger partial charge in [0.1, 0.15) is 17.1 Å². The highest BCUT2D eigenvalue weighted by Gasteiger charge is 2.31. The van der Waals surface area contributed by atoms with Gasteiger partial charge in [-0.2, -0.15) is 0 Å². The predicted molar refractivity (Wildman–Crippen MR) is 115 cm³/mol. The van der Waals surface area contributed by atoms with Crippen LogP contribution in [0.5, 0.6) is 0 Å². The molecule has 2 aromatic heterocycles. The van der Waals surface area contributed by atoms with Crippen LogP contribution in [0.1, 0.15) is 73.6 Å². The van der Waals surface area contributed by atoms with Crippen molar-refractivity contribution in [2.45, 2.75) is 84.1 Å². The van der Waals surface area contributed by atoms with Crippen molar-refractivity contribution in [3.05, 3.63) is 45.5 Å². The minimum Gasteiger partial charge on any atom is -0.462 e. The molecule has 1 fully saturated rings. The van der Waals surface area contributed by atoms with Gasteiger partial charge in [0.25, 0.3) is 0 Å². The fraction of sp³-hybridized carbons (Fsp3) is 0.652. The van der Waals surface area contributed by atoms with Crippen molar-refractivity contribution in [1.29, 1.82) is 0 Å². The summed E-state index contributed by atoms with van der Waals surface area (Å²) >= 11 is 1.85. The third-order valence-corrected chi connectivity index (χ3v) is 6.47. The molecule has 3 heterocycles. The number of thiophene rings is 1. The minimum atomic E-state index is -0.841. The van der Waals surface area contributed by atoms with Gasteiger partial charge < -0.3 is 14.3 Å². The van der Waals surface area contributed by atoms with E-state index in [0.717, 1.165) is 76.3 Å². The molecule has 2 aromatic rings. The van der Waals surface area contributed by atoms with Gasteiger partial charge in [-0.05, 0) is 56.9 Å². The lowest BCUT2D eigenvalue weighted by molar-refractivity contribution is -0.00563. The Balaban J connectivity index is 1.71. The molecule has 3 rings (SSSR count). The number of aliphatic hydroxyl groups is 1. The second-order valence-corrected chi connectivity index (χ2v) is 9.49. The van der Waals surface area contributed by atoms with Crippen LogP contribution in [0.4, 0.5) is 0 Å². The van der Waals surface area contributed by atoms with Crippen molar-refractivity contribution in [2.75, 3.05) is 13.2 Å². The molecule has 5 heteroatoms. The highest BCUT2D eigenvalue weighted by atomic mass is 32.1. The van der Waals surface area contributed by atoms with E-state index in [2.05, 4.69) is 37.8 Å². The van der Waals surface area contributed by atoms with Crippen LogP contribution >= 0.6 is 11.3 Å². The molecule has 0 unspecified atom stereocenters. The molecule has 1 aliphatic heterocycles. The van der Waals surface area contributed by atoms with E-state index < -0.39 is 5.60 Å². The summed E-state index contributed by atoms with van der Waals surface area (Å²) < 4.78 is 12.0. The average molecular weight is 406 g/mol. The van der Waals surface area contributed by atoms with Crippen molar-refractivity contribution in [3.8, 4) is 0 Å². The van der Waals surface area contributed by atoms with Gasteiger partial charge in [0, 0.05) is 29.5 Å². The number of nitrogens with zero attached hydrogens (tertiary/aromatic N) is 1. The van der Waals surface area contributed by atoms with E-state index >= 15 is 0 Å². The summed E-state index contributed by atoms with van der Waals surface area (Å²) in [6.45, 7) is 9.81. The van der Waals surface area contributed by atoms with E-state index in [1.807, 2.05) is 23.5 Å². The van der Waals surface area contributed by atoms with Gasteiger partial charge in [0.15, 0.2) is 0 Å². The molecule has 0 aromatic carbocycles. The molecule has 1 aliphatic rings. The maximum absolute atomic E-state index is 11.1. The Morgan fingerprint density at radius 3 is 2.54 bits per heavy atom. The lowest BCUT2D eigenvalue weighted by Crippen LogP contribution is -2.31. The number of furan rings is 1. The molecule has 0 bridgehead atoms. The van der Waals surface area contributed by atoms with Crippen LogP contribution in [0.15, 0.2) is 28.7 Å².